The first kappa shape index (κ1) is 10.2. The highest BCUT2D eigenvalue weighted by atomic mass is 16.4. The van der Waals surface area contributed by atoms with Crippen LogP contribution >= 0.6 is 0 Å². The van der Waals surface area contributed by atoms with Crippen LogP contribution in [-0.2, 0) is 4.79 Å². The van der Waals surface area contributed by atoms with Crippen LogP contribution in [0.5, 0.6) is 0 Å². The summed E-state index contributed by atoms with van der Waals surface area (Å²) in [6.45, 7) is 7.66. The van der Waals surface area contributed by atoms with Crippen LogP contribution in [0.3, 0.4) is 0 Å². The van der Waals surface area contributed by atoms with Crippen molar-refractivity contribution in [2.24, 2.45) is 5.41 Å². The molecule has 0 aliphatic heterocycles. The monoisotopic (exact) mass is 156 g/mol. The van der Waals surface area contributed by atoms with E-state index in [0.29, 0.717) is 5.57 Å². The van der Waals surface area contributed by atoms with E-state index in [9.17, 15) is 4.79 Å². The predicted molar refractivity (Wildman–Crippen MR) is 45.5 cm³/mol. The van der Waals surface area contributed by atoms with Crippen molar-refractivity contribution < 1.29 is 9.90 Å². The Balaban J connectivity index is 4.63. The number of carboxylic acids is 1. The Morgan fingerprint density at radius 2 is 1.91 bits per heavy atom. The van der Waals surface area contributed by atoms with Gasteiger partial charge in [-0.25, -0.2) is 4.79 Å². The first-order chi connectivity index (χ1) is 4.89. The molecule has 0 aliphatic rings. The number of aliphatic carboxylic acids is 1. The van der Waals surface area contributed by atoms with Gasteiger partial charge >= 0.3 is 5.97 Å². The van der Waals surface area contributed by atoms with Gasteiger partial charge in [0.25, 0.3) is 0 Å². The summed E-state index contributed by atoms with van der Waals surface area (Å²) in [5, 5.41) is 8.77. The summed E-state index contributed by atoms with van der Waals surface area (Å²) in [6, 6.07) is 0. The average molecular weight is 156 g/mol. The molecule has 0 aromatic rings. The van der Waals surface area contributed by atoms with Gasteiger partial charge in [0.1, 0.15) is 0 Å². The lowest BCUT2D eigenvalue weighted by Gasteiger charge is -2.18. The summed E-state index contributed by atoms with van der Waals surface area (Å²) < 4.78 is 0. The van der Waals surface area contributed by atoms with Gasteiger partial charge in [-0.3, -0.25) is 0 Å². The highest BCUT2D eigenvalue weighted by Gasteiger charge is 2.22. The third-order valence-electron chi connectivity index (χ3n) is 1.45. The van der Waals surface area contributed by atoms with Crippen molar-refractivity contribution in [1.82, 2.24) is 0 Å². The predicted octanol–water partition coefficient (Wildman–Crippen LogP) is 2.45. The maximum atomic E-state index is 10.7. The molecule has 0 amide bonds. The molecule has 0 fully saturated rings. The fraction of sp³-hybridized carbons (Fsp3) is 0.667. The van der Waals surface area contributed by atoms with E-state index in [1.165, 1.54) is 0 Å². The molecule has 0 aromatic carbocycles. The normalized spacial score (nSPS) is 13.3. The second kappa shape index (κ2) is 3.56. The van der Waals surface area contributed by atoms with Gasteiger partial charge < -0.3 is 5.11 Å². The topological polar surface area (TPSA) is 37.3 Å². The Morgan fingerprint density at radius 1 is 1.45 bits per heavy atom. The van der Waals surface area contributed by atoms with Crippen LogP contribution in [0.25, 0.3) is 0 Å². The summed E-state index contributed by atoms with van der Waals surface area (Å²) in [5.41, 5.74) is 0.252. The lowest BCUT2D eigenvalue weighted by molar-refractivity contribution is -0.133. The Kier molecular flexibility index (Phi) is 3.30. The van der Waals surface area contributed by atoms with Crippen molar-refractivity contribution in [3.63, 3.8) is 0 Å². The Labute approximate surface area is 67.9 Å². The summed E-state index contributed by atoms with van der Waals surface area (Å²) in [6.07, 6.45) is 2.54. The summed E-state index contributed by atoms with van der Waals surface area (Å²) in [7, 11) is 0. The zero-order valence-corrected chi connectivity index (χ0v) is 7.64. The molecule has 0 spiro atoms. The third kappa shape index (κ3) is 3.21. The van der Waals surface area contributed by atoms with E-state index in [1.807, 2.05) is 27.7 Å². The first-order valence-electron chi connectivity index (χ1n) is 3.83. The minimum atomic E-state index is -0.806. The van der Waals surface area contributed by atoms with E-state index in [1.54, 1.807) is 6.08 Å². The molecule has 0 radical (unpaired) electrons. The van der Waals surface area contributed by atoms with Gasteiger partial charge in [-0.15, -0.1) is 0 Å². The van der Waals surface area contributed by atoms with Crippen LogP contribution in [0.15, 0.2) is 11.6 Å². The smallest absolute Gasteiger partial charge is 0.331 e. The summed E-state index contributed by atoms with van der Waals surface area (Å²) >= 11 is 0. The molecule has 2 heteroatoms. The van der Waals surface area contributed by atoms with E-state index in [4.69, 9.17) is 5.11 Å². The molecule has 0 rings (SSSR count). The van der Waals surface area contributed by atoms with Crippen molar-refractivity contribution >= 4 is 5.97 Å². The highest BCUT2D eigenvalue weighted by Crippen LogP contribution is 2.25. The lowest BCUT2D eigenvalue weighted by Crippen LogP contribution is -2.17. The van der Waals surface area contributed by atoms with Crippen LogP contribution in [0, 0.1) is 5.41 Å². The van der Waals surface area contributed by atoms with Gasteiger partial charge in [-0.05, 0) is 11.8 Å². The molecule has 0 saturated carbocycles. The van der Waals surface area contributed by atoms with Crippen molar-refractivity contribution in [3.8, 4) is 0 Å². The summed E-state index contributed by atoms with van der Waals surface area (Å²) in [4.78, 5) is 10.7. The number of carboxylic acid groups (broad SMARTS) is 1. The molecule has 0 saturated heterocycles. The zero-order chi connectivity index (χ0) is 9.07. The highest BCUT2D eigenvalue weighted by molar-refractivity contribution is 5.87. The first-order valence-corrected chi connectivity index (χ1v) is 3.83. The zero-order valence-electron chi connectivity index (χ0n) is 7.64. The molecular formula is C9H16O2. The van der Waals surface area contributed by atoms with Gasteiger partial charge in [0.05, 0.1) is 0 Å². The van der Waals surface area contributed by atoms with Crippen LogP contribution in [0.4, 0.5) is 0 Å². The van der Waals surface area contributed by atoms with Crippen LogP contribution in [0.2, 0.25) is 0 Å². The number of rotatable bonds is 2. The molecule has 1 N–H and O–H groups in total. The fourth-order valence-electron chi connectivity index (χ4n) is 0.918. The number of hydrogen-bond acceptors (Lipinski definition) is 1. The van der Waals surface area contributed by atoms with Crippen molar-refractivity contribution in [3.05, 3.63) is 11.6 Å². The van der Waals surface area contributed by atoms with Crippen molar-refractivity contribution in [1.29, 1.82) is 0 Å². The lowest BCUT2D eigenvalue weighted by atomic mass is 9.86. The second-order valence-electron chi connectivity index (χ2n) is 3.58. The number of allylic oxidation sites excluding steroid dienone is 1. The molecule has 0 aliphatic carbocycles. The van der Waals surface area contributed by atoms with Gasteiger partial charge in [0.15, 0.2) is 0 Å². The quantitative estimate of drug-likeness (QED) is 0.623. The fourth-order valence-corrected chi connectivity index (χ4v) is 0.918. The molecule has 0 heterocycles. The SMILES string of the molecule is CC/C=C(\C(=O)O)C(C)(C)C. The minimum Gasteiger partial charge on any atom is -0.478 e. The molecule has 0 aromatic heterocycles. The Morgan fingerprint density at radius 3 is 2.00 bits per heavy atom. The van der Waals surface area contributed by atoms with Crippen LogP contribution in [0.1, 0.15) is 34.1 Å². The van der Waals surface area contributed by atoms with Crippen LogP contribution < -0.4 is 0 Å². The van der Waals surface area contributed by atoms with Crippen molar-refractivity contribution in [2.45, 2.75) is 34.1 Å². The van der Waals surface area contributed by atoms with E-state index in [-0.39, 0.29) is 5.41 Å². The van der Waals surface area contributed by atoms with E-state index < -0.39 is 5.97 Å². The molecular weight excluding hydrogens is 140 g/mol. The Hall–Kier alpha value is -0.790. The maximum Gasteiger partial charge on any atom is 0.331 e. The molecule has 64 valence electrons. The number of carbonyl (C=O) groups is 1. The minimum absolute atomic E-state index is 0.248. The van der Waals surface area contributed by atoms with Crippen LogP contribution in [-0.4, -0.2) is 11.1 Å². The third-order valence-corrected chi connectivity index (χ3v) is 1.45. The molecule has 0 bridgehead atoms. The number of hydrogen-bond donors (Lipinski definition) is 1. The van der Waals surface area contributed by atoms with Gasteiger partial charge in [0, 0.05) is 5.57 Å². The van der Waals surface area contributed by atoms with Gasteiger partial charge in [-0.2, -0.15) is 0 Å². The van der Waals surface area contributed by atoms with Crippen molar-refractivity contribution in [2.75, 3.05) is 0 Å². The van der Waals surface area contributed by atoms with Gasteiger partial charge in [-0.1, -0.05) is 33.8 Å². The molecule has 0 atom stereocenters. The van der Waals surface area contributed by atoms with E-state index in [0.717, 1.165) is 6.42 Å². The molecule has 2 nitrogen and oxygen atoms in total. The average Bonchev–Trinajstić information content (AvgIpc) is 1.79. The molecule has 11 heavy (non-hydrogen) atoms. The van der Waals surface area contributed by atoms with Gasteiger partial charge in [0.2, 0.25) is 0 Å². The molecule has 0 unspecified atom stereocenters. The standard InChI is InChI=1S/C9H16O2/c1-5-6-7(8(10)11)9(2,3)4/h6H,5H2,1-4H3,(H,10,11)/b7-6+. The Bertz CT molecular complexity index is 172. The van der Waals surface area contributed by atoms with E-state index >= 15 is 0 Å². The van der Waals surface area contributed by atoms with E-state index in [2.05, 4.69) is 0 Å². The largest absolute Gasteiger partial charge is 0.478 e. The summed E-state index contributed by atoms with van der Waals surface area (Å²) in [5.74, 6) is -0.806. The second-order valence-corrected chi connectivity index (χ2v) is 3.58. The maximum absolute atomic E-state index is 10.7.